The second-order valence-corrected chi connectivity index (χ2v) is 4.76. The van der Waals surface area contributed by atoms with Crippen molar-refractivity contribution in [3.63, 3.8) is 0 Å². The van der Waals surface area contributed by atoms with E-state index >= 15 is 0 Å². The Morgan fingerprint density at radius 2 is 1.85 bits per heavy atom. The van der Waals surface area contributed by atoms with Gasteiger partial charge in [0.25, 0.3) is 5.91 Å². The number of carbonyl (C=O) groups excluding carboxylic acids is 1. The molecule has 0 aliphatic heterocycles. The summed E-state index contributed by atoms with van der Waals surface area (Å²) in [6.45, 7) is 0. The largest absolute Gasteiger partial charge is 0.321 e. The zero-order valence-corrected chi connectivity index (χ0v) is 11.5. The number of nitrogens with zero attached hydrogens (tertiary/aromatic N) is 1. The number of nitriles is 1. The fourth-order valence-corrected chi connectivity index (χ4v) is 2.15. The van der Waals surface area contributed by atoms with Gasteiger partial charge in [-0.1, -0.05) is 29.3 Å². The fourth-order valence-electron chi connectivity index (χ4n) is 1.62. The fraction of sp³-hybridized carbons (Fsp3) is 0. The van der Waals surface area contributed by atoms with Gasteiger partial charge in [0.1, 0.15) is 17.4 Å². The van der Waals surface area contributed by atoms with Gasteiger partial charge < -0.3 is 5.32 Å². The van der Waals surface area contributed by atoms with E-state index in [1.807, 2.05) is 0 Å². The van der Waals surface area contributed by atoms with E-state index in [0.29, 0.717) is 10.0 Å². The van der Waals surface area contributed by atoms with Crippen molar-refractivity contribution in [3.05, 3.63) is 63.4 Å². The highest BCUT2D eigenvalue weighted by Crippen LogP contribution is 2.22. The molecule has 0 unspecified atom stereocenters. The van der Waals surface area contributed by atoms with Gasteiger partial charge in [0.05, 0.1) is 5.69 Å². The Morgan fingerprint density at radius 3 is 2.45 bits per heavy atom. The number of rotatable bonds is 2. The topological polar surface area (TPSA) is 52.9 Å². The van der Waals surface area contributed by atoms with Crippen LogP contribution < -0.4 is 5.32 Å². The molecular formula is C14H7Cl2FN2O. The van der Waals surface area contributed by atoms with Crippen LogP contribution in [0.3, 0.4) is 0 Å². The Hall–Kier alpha value is -2.09. The van der Waals surface area contributed by atoms with Crippen LogP contribution in [0.4, 0.5) is 10.1 Å². The third kappa shape index (κ3) is 3.08. The maximum absolute atomic E-state index is 13.4. The van der Waals surface area contributed by atoms with E-state index in [1.54, 1.807) is 6.07 Å². The molecule has 20 heavy (non-hydrogen) atoms. The Balaban J connectivity index is 2.33. The molecule has 2 rings (SSSR count). The summed E-state index contributed by atoms with van der Waals surface area (Å²) in [7, 11) is 0. The summed E-state index contributed by atoms with van der Waals surface area (Å²) in [6, 6.07) is 10.0. The average Bonchev–Trinajstić information content (AvgIpc) is 2.37. The molecule has 3 nitrogen and oxygen atoms in total. The van der Waals surface area contributed by atoms with Crippen LogP contribution >= 0.6 is 23.2 Å². The van der Waals surface area contributed by atoms with Crippen LogP contribution in [0, 0.1) is 17.1 Å². The smallest absolute Gasteiger partial charge is 0.255 e. The lowest BCUT2D eigenvalue weighted by Crippen LogP contribution is -2.13. The number of hydrogen-bond donors (Lipinski definition) is 1. The number of halogens is 3. The quantitative estimate of drug-likeness (QED) is 0.901. The molecule has 2 aromatic carbocycles. The van der Waals surface area contributed by atoms with Crippen molar-refractivity contribution in [2.45, 2.75) is 0 Å². The second kappa shape index (κ2) is 5.91. The number of nitrogens with one attached hydrogen (secondary N) is 1. The van der Waals surface area contributed by atoms with Crippen molar-refractivity contribution in [3.8, 4) is 6.07 Å². The molecule has 0 aliphatic carbocycles. The summed E-state index contributed by atoms with van der Waals surface area (Å²) in [5.41, 5.74) is 0.0817. The van der Waals surface area contributed by atoms with E-state index in [9.17, 15) is 9.18 Å². The Kier molecular flexibility index (Phi) is 4.23. The first-order chi connectivity index (χ1) is 9.51. The molecule has 0 radical (unpaired) electrons. The highest BCUT2D eigenvalue weighted by molar-refractivity contribution is 6.35. The first kappa shape index (κ1) is 14.3. The highest BCUT2D eigenvalue weighted by atomic mass is 35.5. The van der Waals surface area contributed by atoms with Crippen LogP contribution in [0.5, 0.6) is 0 Å². The summed E-state index contributed by atoms with van der Waals surface area (Å²) >= 11 is 11.6. The van der Waals surface area contributed by atoms with Gasteiger partial charge in [-0.15, -0.1) is 0 Å². The number of hydrogen-bond acceptors (Lipinski definition) is 2. The molecule has 2 aromatic rings. The third-order valence-electron chi connectivity index (χ3n) is 2.50. The molecule has 0 spiro atoms. The van der Waals surface area contributed by atoms with E-state index in [-0.39, 0.29) is 16.8 Å². The normalized spacial score (nSPS) is 9.90. The number of amides is 1. The standard InChI is InChI=1S/C14H7Cl2FN2O/c15-9-4-8(5-10(16)6-9)14(20)19-13-3-1-2-12(17)11(13)7-18/h1-6H,(H,19,20). The molecule has 6 heteroatoms. The second-order valence-electron chi connectivity index (χ2n) is 3.89. The number of carbonyl (C=O) groups is 1. The van der Waals surface area contributed by atoms with E-state index in [0.717, 1.165) is 6.07 Å². The van der Waals surface area contributed by atoms with Crippen molar-refractivity contribution in [1.29, 1.82) is 5.26 Å². The molecule has 0 saturated carbocycles. The lowest BCUT2D eigenvalue weighted by atomic mass is 10.1. The maximum atomic E-state index is 13.4. The highest BCUT2D eigenvalue weighted by Gasteiger charge is 2.13. The third-order valence-corrected chi connectivity index (χ3v) is 2.93. The van der Waals surface area contributed by atoms with Crippen molar-refractivity contribution in [2.75, 3.05) is 5.32 Å². The van der Waals surface area contributed by atoms with Gasteiger partial charge in [-0.3, -0.25) is 4.79 Å². The Morgan fingerprint density at radius 1 is 1.20 bits per heavy atom. The summed E-state index contributed by atoms with van der Waals surface area (Å²) < 4.78 is 13.4. The molecular weight excluding hydrogens is 302 g/mol. The van der Waals surface area contributed by atoms with Crippen molar-refractivity contribution < 1.29 is 9.18 Å². The molecule has 0 bridgehead atoms. The molecule has 1 amide bonds. The van der Waals surface area contributed by atoms with Crippen molar-refractivity contribution in [2.24, 2.45) is 0 Å². The van der Waals surface area contributed by atoms with Crippen LogP contribution in [0.2, 0.25) is 10.0 Å². The predicted molar refractivity (Wildman–Crippen MR) is 75.5 cm³/mol. The van der Waals surface area contributed by atoms with E-state index in [2.05, 4.69) is 5.32 Å². The summed E-state index contributed by atoms with van der Waals surface area (Å²) in [6.07, 6.45) is 0. The zero-order chi connectivity index (χ0) is 14.7. The van der Waals surface area contributed by atoms with Crippen LogP contribution in [0.25, 0.3) is 0 Å². The predicted octanol–water partition coefficient (Wildman–Crippen LogP) is 4.26. The van der Waals surface area contributed by atoms with Gasteiger partial charge in [0, 0.05) is 15.6 Å². The van der Waals surface area contributed by atoms with E-state index < -0.39 is 11.7 Å². The zero-order valence-electron chi connectivity index (χ0n) is 9.95. The molecule has 0 aliphatic rings. The molecule has 1 N–H and O–H groups in total. The van der Waals surface area contributed by atoms with Gasteiger partial charge >= 0.3 is 0 Å². The van der Waals surface area contributed by atoms with Crippen LogP contribution in [-0.2, 0) is 0 Å². The van der Waals surface area contributed by atoms with Gasteiger partial charge in [-0.2, -0.15) is 5.26 Å². The van der Waals surface area contributed by atoms with Crippen molar-refractivity contribution >= 4 is 34.8 Å². The SMILES string of the molecule is N#Cc1c(F)cccc1NC(=O)c1cc(Cl)cc(Cl)c1. The maximum Gasteiger partial charge on any atom is 0.255 e. The van der Waals surface area contributed by atoms with Gasteiger partial charge in [0.15, 0.2) is 0 Å². The van der Waals surface area contributed by atoms with Crippen LogP contribution in [0.15, 0.2) is 36.4 Å². The molecule has 0 atom stereocenters. The molecule has 0 saturated heterocycles. The molecule has 100 valence electrons. The van der Waals surface area contributed by atoms with Crippen molar-refractivity contribution in [1.82, 2.24) is 0 Å². The van der Waals surface area contributed by atoms with E-state index in [1.165, 1.54) is 30.3 Å². The van der Waals surface area contributed by atoms with E-state index in [4.69, 9.17) is 28.5 Å². The average molecular weight is 309 g/mol. The Labute approximate surface area is 124 Å². The molecule has 0 heterocycles. The summed E-state index contributed by atoms with van der Waals surface area (Å²) in [5.74, 6) is -1.23. The first-order valence-electron chi connectivity index (χ1n) is 5.47. The monoisotopic (exact) mass is 308 g/mol. The van der Waals surface area contributed by atoms with Gasteiger partial charge in [0.2, 0.25) is 0 Å². The van der Waals surface area contributed by atoms with Crippen LogP contribution in [0.1, 0.15) is 15.9 Å². The van der Waals surface area contributed by atoms with Gasteiger partial charge in [-0.05, 0) is 30.3 Å². The Bertz CT molecular complexity index is 705. The lowest BCUT2D eigenvalue weighted by molar-refractivity contribution is 0.102. The molecule has 0 fully saturated rings. The van der Waals surface area contributed by atoms with Crippen LogP contribution in [-0.4, -0.2) is 5.91 Å². The minimum Gasteiger partial charge on any atom is -0.321 e. The first-order valence-corrected chi connectivity index (χ1v) is 6.23. The summed E-state index contributed by atoms with van der Waals surface area (Å²) in [4.78, 5) is 12.0. The minimum absolute atomic E-state index is 0.0913. The minimum atomic E-state index is -0.700. The molecule has 0 aromatic heterocycles. The lowest BCUT2D eigenvalue weighted by Gasteiger charge is -2.08. The summed E-state index contributed by atoms with van der Waals surface area (Å²) in [5, 5.41) is 12.0. The number of benzene rings is 2. The number of anilines is 1. The van der Waals surface area contributed by atoms with Gasteiger partial charge in [-0.25, -0.2) is 4.39 Å².